The molecule has 0 saturated carbocycles. The monoisotopic (exact) mass is 219 g/mol. The average Bonchev–Trinajstić information content (AvgIpc) is 2.51. The second-order valence-corrected chi connectivity index (χ2v) is 4.18. The third-order valence-electron chi connectivity index (χ3n) is 2.71. The van der Waals surface area contributed by atoms with Crippen LogP contribution in [0.4, 0.5) is 5.69 Å². The van der Waals surface area contributed by atoms with Crippen molar-refractivity contribution in [3.8, 4) is 0 Å². The molecule has 0 unspecified atom stereocenters. The minimum Gasteiger partial charge on any atom is -0.478 e. The predicted octanol–water partition coefficient (Wildman–Crippen LogP) is 1.68. The molecule has 2 rings (SSSR count). The van der Waals surface area contributed by atoms with Crippen LogP contribution in [-0.2, 0) is 11.2 Å². The molecular weight excluding hydrogens is 206 g/mol. The average molecular weight is 219 g/mol. The van der Waals surface area contributed by atoms with E-state index in [0.29, 0.717) is 6.42 Å². The number of hydrogen-bond acceptors (Lipinski definition) is 2. The molecule has 1 N–H and O–H groups in total. The molecule has 1 heterocycles. The van der Waals surface area contributed by atoms with E-state index in [9.17, 15) is 9.59 Å². The Morgan fingerprint density at radius 1 is 1.44 bits per heavy atom. The van der Waals surface area contributed by atoms with Crippen LogP contribution in [-0.4, -0.2) is 23.0 Å². The second kappa shape index (κ2) is 3.63. The number of aromatic carboxylic acids is 1. The number of carboxylic acid groups (broad SMARTS) is 1. The molecule has 84 valence electrons. The van der Waals surface area contributed by atoms with Gasteiger partial charge in [-0.3, -0.25) is 4.79 Å². The lowest BCUT2D eigenvalue weighted by Gasteiger charge is -2.21. The first-order chi connectivity index (χ1) is 7.50. The third-order valence-corrected chi connectivity index (χ3v) is 2.71. The minimum absolute atomic E-state index is 0.0348. The largest absolute Gasteiger partial charge is 0.478 e. The molecule has 0 bridgehead atoms. The zero-order chi connectivity index (χ0) is 11.9. The fourth-order valence-electron chi connectivity index (χ4n) is 2.04. The standard InChI is InChI=1S/C12H13NO3/c1-7(2)13-10-4-3-8(12(15)16)5-9(10)6-11(13)14/h3-5,7H,6H2,1-2H3,(H,15,16). The first kappa shape index (κ1) is 10.7. The Morgan fingerprint density at radius 3 is 2.69 bits per heavy atom. The molecule has 0 fully saturated rings. The van der Waals surface area contributed by atoms with Gasteiger partial charge in [0.15, 0.2) is 0 Å². The smallest absolute Gasteiger partial charge is 0.335 e. The van der Waals surface area contributed by atoms with Crippen molar-refractivity contribution >= 4 is 17.6 Å². The molecule has 4 heteroatoms. The summed E-state index contributed by atoms with van der Waals surface area (Å²) < 4.78 is 0. The van der Waals surface area contributed by atoms with Crippen LogP contribution in [0.2, 0.25) is 0 Å². The molecule has 0 saturated heterocycles. The molecule has 1 aromatic carbocycles. The highest BCUT2D eigenvalue weighted by Gasteiger charge is 2.29. The Balaban J connectivity index is 2.46. The minimum atomic E-state index is -0.960. The highest BCUT2D eigenvalue weighted by Crippen LogP contribution is 2.31. The molecule has 0 radical (unpaired) electrons. The number of amides is 1. The van der Waals surface area contributed by atoms with Crippen LogP contribution in [0.3, 0.4) is 0 Å². The number of carbonyl (C=O) groups is 2. The Labute approximate surface area is 93.5 Å². The Hall–Kier alpha value is -1.84. The van der Waals surface area contributed by atoms with E-state index in [1.165, 1.54) is 6.07 Å². The van der Waals surface area contributed by atoms with Gasteiger partial charge >= 0.3 is 5.97 Å². The van der Waals surface area contributed by atoms with Crippen LogP contribution in [0, 0.1) is 0 Å². The van der Waals surface area contributed by atoms with Crippen molar-refractivity contribution in [2.75, 3.05) is 4.90 Å². The van der Waals surface area contributed by atoms with E-state index in [0.717, 1.165) is 11.3 Å². The molecule has 16 heavy (non-hydrogen) atoms. The summed E-state index contributed by atoms with van der Waals surface area (Å²) in [6.07, 6.45) is 0.300. The maximum atomic E-state index is 11.7. The number of hydrogen-bond donors (Lipinski definition) is 1. The topological polar surface area (TPSA) is 57.6 Å². The first-order valence-electron chi connectivity index (χ1n) is 5.19. The van der Waals surface area contributed by atoms with Gasteiger partial charge in [0, 0.05) is 11.7 Å². The van der Waals surface area contributed by atoms with Gasteiger partial charge in [-0.1, -0.05) is 0 Å². The third kappa shape index (κ3) is 1.56. The van der Waals surface area contributed by atoms with Crippen LogP contribution >= 0.6 is 0 Å². The van der Waals surface area contributed by atoms with E-state index in [4.69, 9.17) is 5.11 Å². The number of benzene rings is 1. The Morgan fingerprint density at radius 2 is 2.12 bits per heavy atom. The number of carboxylic acids is 1. The van der Waals surface area contributed by atoms with E-state index in [-0.39, 0.29) is 17.5 Å². The molecule has 0 spiro atoms. The number of rotatable bonds is 2. The zero-order valence-electron chi connectivity index (χ0n) is 9.23. The van der Waals surface area contributed by atoms with Gasteiger partial charge in [0.2, 0.25) is 5.91 Å². The van der Waals surface area contributed by atoms with Gasteiger partial charge in [0.1, 0.15) is 0 Å². The fourth-order valence-corrected chi connectivity index (χ4v) is 2.04. The van der Waals surface area contributed by atoms with Gasteiger partial charge in [-0.25, -0.2) is 4.79 Å². The lowest BCUT2D eigenvalue weighted by molar-refractivity contribution is -0.117. The molecule has 1 amide bonds. The van der Waals surface area contributed by atoms with Gasteiger partial charge < -0.3 is 10.0 Å². The Kier molecular flexibility index (Phi) is 2.42. The zero-order valence-corrected chi connectivity index (χ0v) is 9.23. The van der Waals surface area contributed by atoms with Gasteiger partial charge in [-0.2, -0.15) is 0 Å². The lowest BCUT2D eigenvalue weighted by Crippen LogP contribution is -2.33. The van der Waals surface area contributed by atoms with E-state index >= 15 is 0 Å². The second-order valence-electron chi connectivity index (χ2n) is 4.18. The molecule has 4 nitrogen and oxygen atoms in total. The van der Waals surface area contributed by atoms with Crippen molar-refractivity contribution in [2.24, 2.45) is 0 Å². The van der Waals surface area contributed by atoms with E-state index in [1.54, 1.807) is 17.0 Å². The van der Waals surface area contributed by atoms with Crippen molar-refractivity contribution in [1.82, 2.24) is 0 Å². The summed E-state index contributed by atoms with van der Waals surface area (Å²) in [6.45, 7) is 3.89. The lowest BCUT2D eigenvalue weighted by atomic mass is 10.1. The van der Waals surface area contributed by atoms with E-state index in [1.807, 2.05) is 13.8 Å². The van der Waals surface area contributed by atoms with Crippen LogP contribution in [0.25, 0.3) is 0 Å². The van der Waals surface area contributed by atoms with Crippen molar-refractivity contribution in [3.63, 3.8) is 0 Å². The summed E-state index contributed by atoms with van der Waals surface area (Å²) in [5.41, 5.74) is 1.88. The molecule has 0 aliphatic carbocycles. The maximum Gasteiger partial charge on any atom is 0.335 e. The number of fused-ring (bicyclic) bond motifs is 1. The highest BCUT2D eigenvalue weighted by molar-refractivity contribution is 6.03. The summed E-state index contributed by atoms with van der Waals surface area (Å²) in [5, 5.41) is 8.86. The van der Waals surface area contributed by atoms with Crippen molar-refractivity contribution in [1.29, 1.82) is 0 Å². The summed E-state index contributed by atoms with van der Waals surface area (Å²) >= 11 is 0. The normalized spacial score (nSPS) is 14.4. The summed E-state index contributed by atoms with van der Waals surface area (Å²) in [5.74, 6) is -0.925. The van der Waals surface area contributed by atoms with Crippen molar-refractivity contribution in [3.05, 3.63) is 29.3 Å². The number of carbonyl (C=O) groups excluding carboxylic acids is 1. The van der Waals surface area contributed by atoms with Gasteiger partial charge in [-0.15, -0.1) is 0 Å². The SMILES string of the molecule is CC(C)N1C(=O)Cc2cc(C(=O)O)ccc21. The Bertz CT molecular complexity index is 465. The quantitative estimate of drug-likeness (QED) is 0.823. The van der Waals surface area contributed by atoms with E-state index in [2.05, 4.69) is 0 Å². The highest BCUT2D eigenvalue weighted by atomic mass is 16.4. The fraction of sp³-hybridized carbons (Fsp3) is 0.333. The number of nitrogens with zero attached hydrogens (tertiary/aromatic N) is 1. The van der Waals surface area contributed by atoms with Crippen LogP contribution in [0.5, 0.6) is 0 Å². The maximum absolute atomic E-state index is 11.7. The van der Waals surface area contributed by atoms with Gasteiger partial charge in [0.05, 0.1) is 12.0 Å². The molecule has 0 aromatic heterocycles. The molecule has 1 aliphatic rings. The summed E-state index contributed by atoms with van der Waals surface area (Å²) in [6, 6.07) is 4.93. The molecule has 1 aromatic rings. The number of anilines is 1. The van der Waals surface area contributed by atoms with Crippen molar-refractivity contribution in [2.45, 2.75) is 26.3 Å². The predicted molar refractivity (Wildman–Crippen MR) is 59.7 cm³/mol. The van der Waals surface area contributed by atoms with Crippen LogP contribution < -0.4 is 4.90 Å². The molecule has 1 aliphatic heterocycles. The molecule has 0 atom stereocenters. The van der Waals surface area contributed by atoms with Crippen molar-refractivity contribution < 1.29 is 14.7 Å². The first-order valence-corrected chi connectivity index (χ1v) is 5.19. The van der Waals surface area contributed by atoms with E-state index < -0.39 is 5.97 Å². The van der Waals surface area contributed by atoms with Crippen LogP contribution in [0.15, 0.2) is 18.2 Å². The van der Waals surface area contributed by atoms with Gasteiger partial charge in [-0.05, 0) is 37.6 Å². The summed E-state index contributed by atoms with van der Waals surface area (Å²) in [4.78, 5) is 24.2. The summed E-state index contributed by atoms with van der Waals surface area (Å²) in [7, 11) is 0. The van der Waals surface area contributed by atoms with Gasteiger partial charge in [0.25, 0.3) is 0 Å². The van der Waals surface area contributed by atoms with Crippen LogP contribution in [0.1, 0.15) is 29.8 Å². The molecular formula is C12H13NO3.